The molecular formula is C11H16Cl2N4. The predicted molar refractivity (Wildman–Crippen MR) is 69.5 cm³/mol. The molecule has 2 unspecified atom stereocenters. The fourth-order valence-electron chi connectivity index (χ4n) is 2.37. The lowest BCUT2D eigenvalue weighted by atomic mass is 9.84. The molecule has 0 aliphatic heterocycles. The lowest BCUT2D eigenvalue weighted by Crippen LogP contribution is -2.27. The molecule has 0 amide bonds. The first kappa shape index (κ1) is 12.8. The predicted octanol–water partition coefficient (Wildman–Crippen LogP) is 3.56. The Balaban J connectivity index is 2.02. The van der Waals surface area contributed by atoms with E-state index in [0.717, 1.165) is 18.8 Å². The molecular weight excluding hydrogens is 259 g/mol. The van der Waals surface area contributed by atoms with Gasteiger partial charge in [-0.1, -0.05) is 37.8 Å². The lowest BCUT2D eigenvalue weighted by molar-refractivity contribution is 0.327. The van der Waals surface area contributed by atoms with Crippen molar-refractivity contribution in [3.05, 3.63) is 10.4 Å². The van der Waals surface area contributed by atoms with E-state index in [2.05, 4.69) is 27.4 Å². The minimum Gasteiger partial charge on any atom is -0.365 e. The highest BCUT2D eigenvalue weighted by molar-refractivity contribution is 6.32. The van der Waals surface area contributed by atoms with Gasteiger partial charge in [0.05, 0.1) is 0 Å². The van der Waals surface area contributed by atoms with E-state index in [9.17, 15) is 0 Å². The van der Waals surface area contributed by atoms with E-state index in [0.29, 0.717) is 11.9 Å². The first-order valence-corrected chi connectivity index (χ1v) is 6.77. The van der Waals surface area contributed by atoms with Crippen LogP contribution in [0.25, 0.3) is 0 Å². The van der Waals surface area contributed by atoms with Gasteiger partial charge in [0.2, 0.25) is 5.28 Å². The van der Waals surface area contributed by atoms with Gasteiger partial charge in [-0.25, -0.2) is 0 Å². The van der Waals surface area contributed by atoms with Crippen LogP contribution in [0, 0.1) is 5.92 Å². The largest absolute Gasteiger partial charge is 0.365 e. The quantitative estimate of drug-likeness (QED) is 0.916. The van der Waals surface area contributed by atoms with Gasteiger partial charge in [-0.05, 0) is 30.4 Å². The van der Waals surface area contributed by atoms with Crippen molar-refractivity contribution >= 4 is 29.0 Å². The first-order valence-electron chi connectivity index (χ1n) is 6.01. The Hall–Kier alpha value is -0.610. The molecule has 1 saturated carbocycles. The molecule has 1 aromatic rings. The summed E-state index contributed by atoms with van der Waals surface area (Å²) >= 11 is 11.6. The molecule has 1 aliphatic rings. The summed E-state index contributed by atoms with van der Waals surface area (Å²) in [6.07, 6.45) is 6.11. The lowest BCUT2D eigenvalue weighted by Gasteiger charge is -2.29. The third-order valence-corrected chi connectivity index (χ3v) is 3.74. The van der Waals surface area contributed by atoms with E-state index < -0.39 is 0 Å². The standard InChI is InChI=1S/C11H16Cl2N4/c1-2-7-4-3-5-8(6-7)14-10-9(12)16-17-11(13)15-10/h7-8H,2-6H2,1H3,(H,14,15,17). The smallest absolute Gasteiger partial charge is 0.245 e. The molecule has 1 aromatic heterocycles. The van der Waals surface area contributed by atoms with Crippen molar-refractivity contribution in [1.82, 2.24) is 15.2 Å². The fourth-order valence-corrected chi connectivity index (χ4v) is 2.63. The molecule has 1 N–H and O–H groups in total. The first-order chi connectivity index (χ1) is 8.19. The van der Waals surface area contributed by atoms with Gasteiger partial charge in [-0.3, -0.25) is 0 Å². The van der Waals surface area contributed by atoms with Crippen molar-refractivity contribution in [3.8, 4) is 0 Å². The van der Waals surface area contributed by atoms with Crippen LogP contribution in [-0.2, 0) is 0 Å². The van der Waals surface area contributed by atoms with Crippen LogP contribution in [0.15, 0.2) is 0 Å². The zero-order chi connectivity index (χ0) is 12.3. The summed E-state index contributed by atoms with van der Waals surface area (Å²) in [6, 6.07) is 0.416. The van der Waals surface area contributed by atoms with Crippen molar-refractivity contribution in [2.75, 3.05) is 5.32 Å². The van der Waals surface area contributed by atoms with Crippen LogP contribution >= 0.6 is 23.2 Å². The number of nitrogens with zero attached hydrogens (tertiary/aromatic N) is 3. The topological polar surface area (TPSA) is 50.7 Å². The van der Waals surface area contributed by atoms with Crippen molar-refractivity contribution in [3.63, 3.8) is 0 Å². The number of halogens is 2. The van der Waals surface area contributed by atoms with Gasteiger partial charge in [0, 0.05) is 6.04 Å². The molecule has 0 bridgehead atoms. The summed E-state index contributed by atoms with van der Waals surface area (Å²) in [6.45, 7) is 2.24. The van der Waals surface area contributed by atoms with Gasteiger partial charge in [-0.15, -0.1) is 10.2 Å². The molecule has 2 atom stereocenters. The number of nitrogens with one attached hydrogen (secondary N) is 1. The molecule has 2 rings (SSSR count). The average molecular weight is 275 g/mol. The second-order valence-corrected chi connectivity index (χ2v) is 5.20. The second kappa shape index (κ2) is 5.83. The number of hydrogen-bond donors (Lipinski definition) is 1. The summed E-state index contributed by atoms with van der Waals surface area (Å²) in [5.41, 5.74) is 0. The maximum Gasteiger partial charge on any atom is 0.245 e. The van der Waals surface area contributed by atoms with E-state index in [-0.39, 0.29) is 10.4 Å². The van der Waals surface area contributed by atoms with Crippen molar-refractivity contribution < 1.29 is 0 Å². The van der Waals surface area contributed by atoms with Gasteiger partial charge < -0.3 is 5.32 Å². The summed E-state index contributed by atoms with van der Waals surface area (Å²) in [5.74, 6) is 1.35. The Bertz CT molecular complexity index is 386. The summed E-state index contributed by atoms with van der Waals surface area (Å²) in [7, 11) is 0. The number of hydrogen-bond acceptors (Lipinski definition) is 4. The van der Waals surface area contributed by atoms with Crippen molar-refractivity contribution in [2.45, 2.75) is 45.1 Å². The monoisotopic (exact) mass is 274 g/mol. The molecule has 1 heterocycles. The molecule has 94 valence electrons. The van der Waals surface area contributed by atoms with E-state index >= 15 is 0 Å². The Kier molecular flexibility index (Phi) is 4.40. The molecule has 0 spiro atoms. The van der Waals surface area contributed by atoms with Crippen LogP contribution in [0.1, 0.15) is 39.0 Å². The third kappa shape index (κ3) is 3.42. The molecule has 0 radical (unpaired) electrons. The van der Waals surface area contributed by atoms with E-state index in [4.69, 9.17) is 23.2 Å². The molecule has 1 aliphatic carbocycles. The van der Waals surface area contributed by atoms with Gasteiger partial charge in [-0.2, -0.15) is 4.98 Å². The second-order valence-electron chi connectivity index (χ2n) is 4.50. The average Bonchev–Trinajstić information content (AvgIpc) is 2.34. The minimum atomic E-state index is 0.125. The number of anilines is 1. The van der Waals surface area contributed by atoms with Gasteiger partial charge in [0.25, 0.3) is 0 Å². The van der Waals surface area contributed by atoms with Crippen LogP contribution in [0.3, 0.4) is 0 Å². The molecule has 4 nitrogen and oxygen atoms in total. The highest BCUT2D eigenvalue weighted by atomic mass is 35.5. The maximum atomic E-state index is 5.93. The molecule has 6 heteroatoms. The Morgan fingerprint density at radius 3 is 2.88 bits per heavy atom. The molecule has 0 saturated heterocycles. The van der Waals surface area contributed by atoms with Gasteiger partial charge >= 0.3 is 0 Å². The summed E-state index contributed by atoms with van der Waals surface area (Å²) in [5, 5.41) is 11.1. The van der Waals surface area contributed by atoms with E-state index in [1.165, 1.54) is 19.3 Å². The molecule has 0 aromatic carbocycles. The molecule has 1 fully saturated rings. The Morgan fingerprint density at radius 2 is 2.12 bits per heavy atom. The highest BCUT2D eigenvalue weighted by Crippen LogP contribution is 2.29. The van der Waals surface area contributed by atoms with Crippen LogP contribution in [0.4, 0.5) is 5.82 Å². The Morgan fingerprint density at radius 1 is 1.29 bits per heavy atom. The van der Waals surface area contributed by atoms with Gasteiger partial charge in [0.15, 0.2) is 11.0 Å². The van der Waals surface area contributed by atoms with Gasteiger partial charge in [0.1, 0.15) is 0 Å². The summed E-state index contributed by atoms with van der Waals surface area (Å²) < 4.78 is 0. The number of aromatic nitrogens is 3. The van der Waals surface area contributed by atoms with Crippen LogP contribution in [0.2, 0.25) is 10.4 Å². The SMILES string of the molecule is CCC1CCCC(Nc2nc(Cl)nnc2Cl)C1. The zero-order valence-corrected chi connectivity index (χ0v) is 11.3. The summed E-state index contributed by atoms with van der Waals surface area (Å²) in [4.78, 5) is 4.07. The highest BCUT2D eigenvalue weighted by Gasteiger charge is 2.21. The number of rotatable bonds is 3. The Labute approximate surface area is 111 Å². The zero-order valence-electron chi connectivity index (χ0n) is 9.79. The van der Waals surface area contributed by atoms with Crippen LogP contribution < -0.4 is 5.32 Å². The van der Waals surface area contributed by atoms with E-state index in [1.807, 2.05) is 0 Å². The van der Waals surface area contributed by atoms with Crippen LogP contribution in [0.5, 0.6) is 0 Å². The van der Waals surface area contributed by atoms with Crippen molar-refractivity contribution in [2.24, 2.45) is 5.92 Å². The van der Waals surface area contributed by atoms with Crippen molar-refractivity contribution in [1.29, 1.82) is 0 Å². The van der Waals surface area contributed by atoms with Crippen LogP contribution in [-0.4, -0.2) is 21.2 Å². The maximum absolute atomic E-state index is 5.93. The third-order valence-electron chi connectivity index (χ3n) is 3.32. The normalized spacial score (nSPS) is 24.6. The molecule has 17 heavy (non-hydrogen) atoms. The fraction of sp³-hybridized carbons (Fsp3) is 0.727. The minimum absolute atomic E-state index is 0.125. The van der Waals surface area contributed by atoms with E-state index in [1.54, 1.807) is 0 Å².